The van der Waals surface area contributed by atoms with E-state index in [0.29, 0.717) is 5.91 Å². The van der Waals surface area contributed by atoms with Crippen molar-refractivity contribution in [2.75, 3.05) is 18.4 Å². The average molecular weight is 418 g/mol. The number of amides is 2. The number of hydrogen-bond acceptors (Lipinski definition) is 5. The van der Waals surface area contributed by atoms with Crippen molar-refractivity contribution in [1.29, 1.82) is 0 Å². The van der Waals surface area contributed by atoms with Crippen molar-refractivity contribution >= 4 is 29.5 Å². The zero-order valence-corrected chi connectivity index (χ0v) is 17.3. The maximum Gasteiger partial charge on any atom is 0.300 e. The van der Waals surface area contributed by atoms with Gasteiger partial charge in [-0.05, 0) is 43.0 Å². The van der Waals surface area contributed by atoms with Gasteiger partial charge >= 0.3 is 0 Å². The summed E-state index contributed by atoms with van der Waals surface area (Å²) in [4.78, 5) is 34.7. The van der Waals surface area contributed by atoms with Gasteiger partial charge in [0.2, 0.25) is 5.91 Å². The highest BCUT2D eigenvalue weighted by Crippen LogP contribution is 2.27. The van der Waals surface area contributed by atoms with Gasteiger partial charge in [-0.1, -0.05) is 31.4 Å². The summed E-state index contributed by atoms with van der Waals surface area (Å²) in [7, 11) is 0. The lowest BCUT2D eigenvalue weighted by atomic mass is 9.88. The lowest BCUT2D eigenvalue weighted by molar-refractivity contribution is -0.136. The number of anilines is 1. The second kappa shape index (κ2) is 12.0. The van der Waals surface area contributed by atoms with Gasteiger partial charge in [-0.25, -0.2) is 5.48 Å². The summed E-state index contributed by atoms with van der Waals surface area (Å²) in [6, 6.07) is 8.01. The second-order valence-electron chi connectivity index (χ2n) is 7.70. The smallest absolute Gasteiger partial charge is 0.300 e. The van der Waals surface area contributed by atoms with E-state index in [4.69, 9.17) is 15.1 Å². The van der Waals surface area contributed by atoms with Crippen LogP contribution >= 0.6 is 0 Å². The van der Waals surface area contributed by atoms with Crippen LogP contribution in [0.2, 0.25) is 0 Å². The highest BCUT2D eigenvalue weighted by atomic mass is 16.5. The summed E-state index contributed by atoms with van der Waals surface area (Å²) in [5, 5.41) is 19.4. The van der Waals surface area contributed by atoms with Crippen molar-refractivity contribution in [3.63, 3.8) is 0 Å². The first kappa shape index (κ1) is 23.4. The number of benzene rings is 1. The molecule has 1 heterocycles. The molecule has 2 amide bonds. The summed E-state index contributed by atoms with van der Waals surface area (Å²) in [5.74, 6) is -0.804. The lowest BCUT2D eigenvalue weighted by Crippen LogP contribution is -2.36. The van der Waals surface area contributed by atoms with Gasteiger partial charge in [0.15, 0.2) is 0 Å². The molecule has 30 heavy (non-hydrogen) atoms. The van der Waals surface area contributed by atoms with Crippen LogP contribution in [0.1, 0.15) is 51.0 Å². The number of hydrogen-bond donors (Lipinski definition) is 4. The number of carbonyl (C=O) groups is 3. The first-order valence-electron chi connectivity index (χ1n) is 10.4. The topological polar surface area (TPSA) is 119 Å². The van der Waals surface area contributed by atoms with E-state index in [1.807, 2.05) is 29.2 Å². The van der Waals surface area contributed by atoms with Crippen molar-refractivity contribution in [3.05, 3.63) is 35.9 Å². The predicted octanol–water partition coefficient (Wildman–Crippen LogP) is 2.89. The first-order chi connectivity index (χ1) is 14.4. The van der Waals surface area contributed by atoms with Crippen molar-refractivity contribution in [3.8, 4) is 0 Å². The first-order valence-corrected chi connectivity index (χ1v) is 10.4. The number of carbonyl (C=O) groups excluding carboxylic acids is 2. The van der Waals surface area contributed by atoms with Crippen LogP contribution in [0.5, 0.6) is 0 Å². The molecule has 4 N–H and O–H groups in total. The Morgan fingerprint density at radius 3 is 2.30 bits per heavy atom. The predicted molar refractivity (Wildman–Crippen MR) is 114 cm³/mol. The molecule has 1 atom stereocenters. The van der Waals surface area contributed by atoms with E-state index in [1.165, 1.54) is 25.3 Å². The molecule has 0 aromatic heterocycles. The summed E-state index contributed by atoms with van der Waals surface area (Å²) < 4.78 is 0. The van der Waals surface area contributed by atoms with E-state index < -0.39 is 11.9 Å². The Morgan fingerprint density at radius 1 is 1.07 bits per heavy atom. The molecule has 1 aromatic rings. The fourth-order valence-electron chi connectivity index (χ4n) is 3.82. The molecule has 164 valence electrons. The van der Waals surface area contributed by atoms with Gasteiger partial charge in [-0.2, -0.15) is 0 Å². The number of rotatable bonds is 5. The number of likely N-dealkylation sites (tertiary alicyclic amines) is 1. The Morgan fingerprint density at radius 2 is 1.70 bits per heavy atom. The van der Waals surface area contributed by atoms with Gasteiger partial charge in [0.05, 0.1) is 0 Å². The third-order valence-electron chi connectivity index (χ3n) is 5.27. The van der Waals surface area contributed by atoms with E-state index in [1.54, 1.807) is 11.6 Å². The van der Waals surface area contributed by atoms with Gasteiger partial charge in [0, 0.05) is 43.7 Å². The molecule has 0 radical (unpaired) electrons. The van der Waals surface area contributed by atoms with Crippen molar-refractivity contribution in [1.82, 2.24) is 10.4 Å². The average Bonchev–Trinajstić information content (AvgIpc) is 3.21. The second-order valence-corrected chi connectivity index (χ2v) is 7.70. The standard InChI is InChI=1S/C20H27N3O3.C2H4O2/c24-19(22-26)11-8-15-6-9-17(10-7-15)21-18-12-13-23(14-18)20(25)16-4-2-1-3-5-16;1-2(3)4/h6-11,16,18,21,26H,1-5,12-14H2,(H,22,24);1H3,(H,3,4)/t18-;/m1./s1. The van der Waals surface area contributed by atoms with E-state index in [9.17, 15) is 9.59 Å². The Labute approximate surface area is 176 Å². The number of carboxylic acid groups (broad SMARTS) is 1. The van der Waals surface area contributed by atoms with Crippen molar-refractivity contribution in [2.24, 2.45) is 5.92 Å². The number of nitrogens with zero attached hydrogens (tertiary/aromatic N) is 1. The van der Waals surface area contributed by atoms with Crippen LogP contribution < -0.4 is 10.8 Å². The molecule has 2 aliphatic rings. The molecular weight excluding hydrogens is 386 g/mol. The minimum absolute atomic E-state index is 0.240. The maximum absolute atomic E-state index is 12.6. The van der Waals surface area contributed by atoms with Gasteiger partial charge in [-0.3, -0.25) is 19.6 Å². The van der Waals surface area contributed by atoms with E-state index >= 15 is 0 Å². The van der Waals surface area contributed by atoms with Crippen LogP contribution in [0.3, 0.4) is 0 Å². The third-order valence-corrected chi connectivity index (χ3v) is 5.27. The summed E-state index contributed by atoms with van der Waals surface area (Å²) in [6.45, 7) is 2.69. The molecule has 8 heteroatoms. The highest BCUT2D eigenvalue weighted by molar-refractivity contribution is 5.90. The van der Waals surface area contributed by atoms with Gasteiger partial charge < -0.3 is 15.3 Å². The Bertz CT molecular complexity index is 738. The molecule has 2 fully saturated rings. The number of aliphatic carboxylic acids is 1. The Balaban J connectivity index is 0.000000735. The van der Waals surface area contributed by atoms with Gasteiger partial charge in [0.1, 0.15) is 0 Å². The summed E-state index contributed by atoms with van der Waals surface area (Å²) >= 11 is 0. The quantitative estimate of drug-likeness (QED) is 0.332. The van der Waals surface area contributed by atoms with Crippen LogP contribution in [-0.2, 0) is 14.4 Å². The van der Waals surface area contributed by atoms with Crippen molar-refractivity contribution in [2.45, 2.75) is 51.5 Å². The summed E-state index contributed by atoms with van der Waals surface area (Å²) in [6.07, 6.45) is 9.62. The molecule has 3 rings (SSSR count). The van der Waals surface area contributed by atoms with Crippen LogP contribution in [0.25, 0.3) is 6.08 Å². The fraction of sp³-hybridized carbons (Fsp3) is 0.500. The molecule has 1 aromatic carbocycles. The molecule has 1 saturated carbocycles. The van der Waals surface area contributed by atoms with Gasteiger partial charge in [-0.15, -0.1) is 0 Å². The maximum atomic E-state index is 12.6. The molecular formula is C22H31N3O5. The third kappa shape index (κ3) is 7.87. The van der Waals surface area contributed by atoms with E-state index in [0.717, 1.165) is 50.5 Å². The van der Waals surface area contributed by atoms with Gasteiger partial charge in [0.25, 0.3) is 11.9 Å². The SMILES string of the molecule is CC(=O)O.O=C(C=Cc1ccc(N[C@@H]2CCN(C(=O)C3CCCCC3)C2)cc1)NO. The normalized spacial score (nSPS) is 19.1. The number of carboxylic acids is 1. The number of nitrogens with one attached hydrogen (secondary N) is 2. The van der Waals surface area contributed by atoms with E-state index in [-0.39, 0.29) is 12.0 Å². The lowest BCUT2D eigenvalue weighted by Gasteiger charge is -2.26. The Kier molecular flexibility index (Phi) is 9.34. The zero-order valence-electron chi connectivity index (χ0n) is 17.3. The fourth-order valence-corrected chi connectivity index (χ4v) is 3.82. The monoisotopic (exact) mass is 417 g/mol. The van der Waals surface area contributed by atoms with Crippen LogP contribution in [0.15, 0.2) is 30.3 Å². The Hall–Kier alpha value is -2.87. The van der Waals surface area contributed by atoms with E-state index in [2.05, 4.69) is 5.32 Å². The van der Waals surface area contributed by atoms with Crippen molar-refractivity contribution < 1.29 is 24.7 Å². The molecule has 0 bridgehead atoms. The minimum Gasteiger partial charge on any atom is -0.481 e. The summed E-state index contributed by atoms with van der Waals surface area (Å²) in [5.41, 5.74) is 3.44. The van der Waals surface area contributed by atoms with Crippen LogP contribution in [0, 0.1) is 5.92 Å². The van der Waals surface area contributed by atoms with Crippen LogP contribution in [0.4, 0.5) is 5.69 Å². The molecule has 1 aliphatic carbocycles. The molecule has 1 saturated heterocycles. The number of hydroxylamine groups is 1. The molecule has 8 nitrogen and oxygen atoms in total. The highest BCUT2D eigenvalue weighted by Gasteiger charge is 2.31. The zero-order chi connectivity index (χ0) is 21.9. The largest absolute Gasteiger partial charge is 0.481 e. The molecule has 0 spiro atoms. The minimum atomic E-state index is -0.833. The molecule has 0 unspecified atom stereocenters. The molecule has 1 aliphatic heterocycles. The van der Waals surface area contributed by atoms with Crippen LogP contribution in [-0.4, -0.2) is 52.1 Å².